The molecule has 29 heavy (non-hydrogen) atoms. The molecule has 0 radical (unpaired) electrons. The Labute approximate surface area is 172 Å². The average Bonchev–Trinajstić information content (AvgIpc) is 2.74. The zero-order valence-corrected chi connectivity index (χ0v) is 17.5. The van der Waals surface area contributed by atoms with Gasteiger partial charge in [0, 0.05) is 12.6 Å². The van der Waals surface area contributed by atoms with Crippen LogP contribution in [-0.4, -0.2) is 21.4 Å². The van der Waals surface area contributed by atoms with Gasteiger partial charge in [-0.15, -0.1) is 0 Å². The smallest absolute Gasteiger partial charge is 0.264 e. The van der Waals surface area contributed by atoms with E-state index in [1.165, 1.54) is 23.5 Å². The largest absolute Gasteiger partial charge is 0.346 e. The minimum atomic E-state index is -3.80. The topological polar surface area (TPSA) is 66.5 Å². The van der Waals surface area contributed by atoms with E-state index in [1.54, 1.807) is 24.3 Å². The number of hydrogen-bond acceptors (Lipinski definition) is 3. The van der Waals surface area contributed by atoms with Gasteiger partial charge in [0.2, 0.25) is 0 Å². The van der Waals surface area contributed by atoms with Crippen LogP contribution in [0.4, 0.5) is 5.69 Å². The minimum Gasteiger partial charge on any atom is -0.346 e. The van der Waals surface area contributed by atoms with Crippen molar-refractivity contribution < 1.29 is 13.2 Å². The van der Waals surface area contributed by atoms with Crippen molar-refractivity contribution >= 4 is 21.6 Å². The zero-order valence-electron chi connectivity index (χ0n) is 16.7. The summed E-state index contributed by atoms with van der Waals surface area (Å²) in [7, 11) is -2.28. The maximum Gasteiger partial charge on any atom is 0.264 e. The molecule has 3 aromatic carbocycles. The molecule has 3 aromatic rings. The van der Waals surface area contributed by atoms with Gasteiger partial charge in [-0.3, -0.25) is 9.10 Å². The van der Waals surface area contributed by atoms with E-state index in [1.807, 2.05) is 56.3 Å². The van der Waals surface area contributed by atoms with Crippen LogP contribution >= 0.6 is 0 Å². The minimum absolute atomic E-state index is 0.0725. The standard InChI is InChI=1S/C23H24N2O3S/c1-17-10-7-8-15-22(17)25(3)29(27,28)21-14-9-13-20(16-21)23(26)24-18(2)19-11-5-4-6-12-19/h4-16,18H,1-3H3,(H,24,26)/t18-/m1/s1. The normalized spacial score (nSPS) is 12.2. The Hall–Kier alpha value is -3.12. The Bertz CT molecular complexity index is 1110. The average molecular weight is 409 g/mol. The fraction of sp³-hybridized carbons (Fsp3) is 0.174. The Morgan fingerprint density at radius 1 is 0.931 bits per heavy atom. The van der Waals surface area contributed by atoms with Crippen LogP contribution in [-0.2, 0) is 10.0 Å². The molecule has 0 saturated carbocycles. The molecule has 0 fully saturated rings. The highest BCUT2D eigenvalue weighted by Crippen LogP contribution is 2.25. The highest BCUT2D eigenvalue weighted by Gasteiger charge is 2.23. The van der Waals surface area contributed by atoms with E-state index in [-0.39, 0.29) is 16.8 Å². The first-order valence-corrected chi connectivity index (χ1v) is 10.7. The third-order valence-electron chi connectivity index (χ3n) is 4.86. The van der Waals surface area contributed by atoms with E-state index in [0.29, 0.717) is 11.3 Å². The van der Waals surface area contributed by atoms with Crippen molar-refractivity contribution in [3.8, 4) is 0 Å². The molecule has 0 aromatic heterocycles. The van der Waals surface area contributed by atoms with E-state index < -0.39 is 10.0 Å². The number of nitrogens with zero attached hydrogens (tertiary/aromatic N) is 1. The third kappa shape index (κ3) is 4.49. The number of sulfonamides is 1. The zero-order chi connectivity index (χ0) is 21.0. The van der Waals surface area contributed by atoms with Crippen LogP contribution in [0, 0.1) is 6.92 Å². The van der Waals surface area contributed by atoms with Crippen LogP contribution in [0.15, 0.2) is 83.8 Å². The van der Waals surface area contributed by atoms with E-state index in [9.17, 15) is 13.2 Å². The summed E-state index contributed by atoms with van der Waals surface area (Å²) in [5.74, 6) is -0.322. The van der Waals surface area contributed by atoms with Crippen molar-refractivity contribution in [2.24, 2.45) is 0 Å². The van der Waals surface area contributed by atoms with Crippen LogP contribution in [0.2, 0.25) is 0 Å². The first-order chi connectivity index (χ1) is 13.8. The number of carbonyl (C=O) groups excluding carboxylic acids is 1. The lowest BCUT2D eigenvalue weighted by Gasteiger charge is -2.21. The van der Waals surface area contributed by atoms with Crippen molar-refractivity contribution in [1.82, 2.24) is 5.32 Å². The Morgan fingerprint density at radius 3 is 2.28 bits per heavy atom. The SMILES string of the molecule is Cc1ccccc1N(C)S(=O)(=O)c1cccc(C(=O)N[C@H](C)c2ccccc2)c1. The van der Waals surface area contributed by atoms with Crippen molar-refractivity contribution in [2.45, 2.75) is 24.8 Å². The summed E-state index contributed by atoms with van der Waals surface area (Å²) in [6, 6.07) is 22.8. The lowest BCUT2D eigenvalue weighted by molar-refractivity contribution is 0.0939. The van der Waals surface area contributed by atoms with Gasteiger partial charge in [0.1, 0.15) is 0 Å². The number of aryl methyl sites for hydroxylation is 1. The van der Waals surface area contributed by atoms with Gasteiger partial charge in [-0.25, -0.2) is 8.42 Å². The van der Waals surface area contributed by atoms with Gasteiger partial charge in [-0.1, -0.05) is 54.6 Å². The number of benzene rings is 3. The molecule has 3 rings (SSSR count). The molecule has 0 aliphatic carbocycles. The second-order valence-corrected chi connectivity index (χ2v) is 8.86. The Morgan fingerprint density at radius 2 is 1.59 bits per heavy atom. The third-order valence-corrected chi connectivity index (χ3v) is 6.62. The Balaban J connectivity index is 1.85. The number of anilines is 1. The second kappa shape index (κ2) is 8.49. The highest BCUT2D eigenvalue weighted by molar-refractivity contribution is 7.92. The molecule has 0 bridgehead atoms. The number of para-hydroxylation sites is 1. The monoisotopic (exact) mass is 408 g/mol. The highest BCUT2D eigenvalue weighted by atomic mass is 32.2. The number of nitrogens with one attached hydrogen (secondary N) is 1. The van der Waals surface area contributed by atoms with E-state index >= 15 is 0 Å². The summed E-state index contributed by atoms with van der Waals surface area (Å²) in [4.78, 5) is 12.8. The van der Waals surface area contributed by atoms with Crippen LogP contribution < -0.4 is 9.62 Å². The second-order valence-electron chi connectivity index (χ2n) is 6.89. The summed E-state index contributed by atoms with van der Waals surface area (Å²) in [5, 5.41) is 2.91. The van der Waals surface area contributed by atoms with E-state index in [4.69, 9.17) is 0 Å². The summed E-state index contributed by atoms with van der Waals surface area (Å²) < 4.78 is 27.4. The lowest BCUT2D eigenvalue weighted by atomic mass is 10.1. The van der Waals surface area contributed by atoms with E-state index in [2.05, 4.69) is 5.32 Å². The first-order valence-electron chi connectivity index (χ1n) is 9.31. The Kier molecular flexibility index (Phi) is 6.03. The molecule has 0 heterocycles. The van der Waals surface area contributed by atoms with Gasteiger partial charge < -0.3 is 5.32 Å². The molecule has 1 N–H and O–H groups in total. The lowest BCUT2D eigenvalue weighted by Crippen LogP contribution is -2.29. The van der Waals surface area contributed by atoms with E-state index in [0.717, 1.165) is 11.1 Å². The number of rotatable bonds is 6. The van der Waals surface area contributed by atoms with Crippen LogP contribution in [0.3, 0.4) is 0 Å². The summed E-state index contributed by atoms with van der Waals surface area (Å²) >= 11 is 0. The number of carbonyl (C=O) groups is 1. The maximum absolute atomic E-state index is 13.1. The molecule has 0 aliphatic heterocycles. The van der Waals surface area contributed by atoms with Crippen LogP contribution in [0.25, 0.3) is 0 Å². The van der Waals surface area contributed by atoms with Gasteiger partial charge in [-0.05, 0) is 49.2 Å². The van der Waals surface area contributed by atoms with Gasteiger partial charge in [-0.2, -0.15) is 0 Å². The predicted molar refractivity (Wildman–Crippen MR) is 116 cm³/mol. The van der Waals surface area contributed by atoms with Gasteiger partial charge in [0.05, 0.1) is 16.6 Å². The molecule has 150 valence electrons. The number of amides is 1. The van der Waals surface area contributed by atoms with Crippen molar-refractivity contribution in [2.75, 3.05) is 11.4 Å². The summed E-state index contributed by atoms with van der Waals surface area (Å²) in [5.41, 5.74) is 2.72. The molecular formula is C23H24N2O3S. The van der Waals surface area contributed by atoms with Crippen molar-refractivity contribution in [1.29, 1.82) is 0 Å². The predicted octanol–water partition coefficient (Wildman–Crippen LogP) is 4.31. The van der Waals surface area contributed by atoms with Gasteiger partial charge in [0.25, 0.3) is 15.9 Å². The number of hydrogen-bond donors (Lipinski definition) is 1. The van der Waals surface area contributed by atoms with Gasteiger partial charge >= 0.3 is 0 Å². The first kappa shape index (κ1) is 20.6. The molecule has 1 amide bonds. The van der Waals surface area contributed by atoms with Crippen LogP contribution in [0.5, 0.6) is 0 Å². The molecule has 1 atom stereocenters. The fourth-order valence-electron chi connectivity index (χ4n) is 3.11. The molecule has 0 aliphatic rings. The fourth-order valence-corrected chi connectivity index (χ4v) is 4.41. The molecule has 0 spiro atoms. The summed E-state index contributed by atoms with van der Waals surface area (Å²) in [6.07, 6.45) is 0. The molecule has 5 nitrogen and oxygen atoms in total. The summed E-state index contributed by atoms with van der Waals surface area (Å²) in [6.45, 7) is 3.75. The molecule has 6 heteroatoms. The van der Waals surface area contributed by atoms with Gasteiger partial charge in [0.15, 0.2) is 0 Å². The van der Waals surface area contributed by atoms with Crippen molar-refractivity contribution in [3.63, 3.8) is 0 Å². The quantitative estimate of drug-likeness (QED) is 0.661. The molecule has 0 unspecified atom stereocenters. The van der Waals surface area contributed by atoms with Crippen LogP contribution in [0.1, 0.15) is 34.5 Å². The molecule has 0 saturated heterocycles. The maximum atomic E-state index is 13.1. The van der Waals surface area contributed by atoms with Crippen molar-refractivity contribution in [3.05, 3.63) is 95.6 Å². The molecular weight excluding hydrogens is 384 g/mol.